The summed E-state index contributed by atoms with van der Waals surface area (Å²) in [4.78, 5) is 17.8. The molecule has 1 fully saturated rings. The van der Waals surface area contributed by atoms with Gasteiger partial charge in [-0.2, -0.15) is 5.10 Å². The molecule has 7 heteroatoms. The van der Waals surface area contributed by atoms with Gasteiger partial charge in [0, 0.05) is 18.1 Å². The first-order valence-electron chi connectivity index (χ1n) is 6.01. The van der Waals surface area contributed by atoms with E-state index in [2.05, 4.69) is 15.2 Å². The van der Waals surface area contributed by atoms with Crippen molar-refractivity contribution in [2.45, 2.75) is 6.04 Å². The lowest BCUT2D eigenvalue weighted by molar-refractivity contribution is -0.144. The molecular formula is C12H14N4O3. The number of nitrogens with one attached hydrogen (secondary N) is 1. The summed E-state index contributed by atoms with van der Waals surface area (Å²) in [7, 11) is 1.38. The topological polar surface area (TPSA) is 80.3 Å². The van der Waals surface area contributed by atoms with E-state index in [0.29, 0.717) is 19.8 Å². The summed E-state index contributed by atoms with van der Waals surface area (Å²) in [5.74, 6) is 0.418. The average molecular weight is 262 g/mol. The van der Waals surface area contributed by atoms with Crippen LogP contribution in [0.25, 0.3) is 10.9 Å². The Kier molecular flexibility index (Phi) is 3.04. The SMILES string of the molecule is COC(=O)C1COCCN1c1n[nH]c2cnccc12. The Morgan fingerprint density at radius 3 is 3.37 bits per heavy atom. The number of aromatic amines is 1. The second-order valence-corrected chi connectivity index (χ2v) is 4.28. The van der Waals surface area contributed by atoms with E-state index in [-0.39, 0.29) is 5.97 Å². The van der Waals surface area contributed by atoms with Gasteiger partial charge in [-0.25, -0.2) is 4.79 Å². The standard InChI is InChI=1S/C12H14N4O3/c1-18-12(17)10-7-19-5-4-16(10)11-8-2-3-13-6-9(8)14-15-11/h2-3,6,10H,4-5,7H2,1H3,(H,14,15). The number of nitrogens with zero attached hydrogens (tertiary/aromatic N) is 3. The third-order valence-corrected chi connectivity index (χ3v) is 3.22. The molecule has 3 rings (SSSR count). The maximum Gasteiger partial charge on any atom is 0.330 e. The van der Waals surface area contributed by atoms with E-state index in [1.54, 1.807) is 12.4 Å². The zero-order valence-corrected chi connectivity index (χ0v) is 10.5. The van der Waals surface area contributed by atoms with Crippen molar-refractivity contribution in [2.75, 3.05) is 31.8 Å². The summed E-state index contributed by atoms with van der Waals surface area (Å²) in [5.41, 5.74) is 0.840. The fraction of sp³-hybridized carbons (Fsp3) is 0.417. The van der Waals surface area contributed by atoms with Gasteiger partial charge in [-0.15, -0.1) is 0 Å². The molecule has 1 saturated heterocycles. The van der Waals surface area contributed by atoms with E-state index in [9.17, 15) is 4.79 Å². The van der Waals surface area contributed by atoms with Gasteiger partial charge in [0.2, 0.25) is 0 Å². The summed E-state index contributed by atoms with van der Waals surface area (Å²) in [6, 6.07) is 1.41. The van der Waals surface area contributed by atoms with Crippen LogP contribution in [0.2, 0.25) is 0 Å². The van der Waals surface area contributed by atoms with Crippen LogP contribution in [-0.4, -0.2) is 54.1 Å². The number of ether oxygens (including phenoxy) is 2. The Bertz CT molecular complexity index is 597. The second kappa shape index (κ2) is 4.85. The first-order chi connectivity index (χ1) is 9.31. The minimum Gasteiger partial charge on any atom is -0.467 e. The van der Waals surface area contributed by atoms with Crippen molar-refractivity contribution in [3.8, 4) is 0 Å². The molecule has 19 heavy (non-hydrogen) atoms. The first-order valence-corrected chi connectivity index (χ1v) is 6.01. The van der Waals surface area contributed by atoms with Gasteiger partial charge in [-0.3, -0.25) is 10.1 Å². The molecule has 2 aromatic rings. The molecule has 0 bridgehead atoms. The molecule has 1 aliphatic rings. The Morgan fingerprint density at radius 2 is 2.53 bits per heavy atom. The Labute approximate surface area is 109 Å². The molecule has 0 spiro atoms. The van der Waals surface area contributed by atoms with E-state index >= 15 is 0 Å². The van der Waals surface area contributed by atoms with Crippen LogP contribution >= 0.6 is 0 Å². The minimum atomic E-state index is -0.460. The lowest BCUT2D eigenvalue weighted by atomic mass is 10.2. The number of hydrogen-bond donors (Lipinski definition) is 1. The van der Waals surface area contributed by atoms with Gasteiger partial charge in [0.05, 0.1) is 32.0 Å². The van der Waals surface area contributed by atoms with E-state index in [1.807, 2.05) is 11.0 Å². The van der Waals surface area contributed by atoms with Crippen LogP contribution < -0.4 is 4.90 Å². The maximum atomic E-state index is 11.8. The van der Waals surface area contributed by atoms with Crippen molar-refractivity contribution in [2.24, 2.45) is 0 Å². The molecule has 0 aliphatic carbocycles. The van der Waals surface area contributed by atoms with E-state index in [4.69, 9.17) is 9.47 Å². The number of pyridine rings is 1. The number of esters is 1. The first kappa shape index (κ1) is 11.9. The maximum absolute atomic E-state index is 11.8. The number of morpholine rings is 1. The molecule has 2 aromatic heterocycles. The monoisotopic (exact) mass is 262 g/mol. The number of rotatable bonds is 2. The van der Waals surface area contributed by atoms with Crippen LogP contribution in [0.15, 0.2) is 18.5 Å². The predicted molar refractivity (Wildman–Crippen MR) is 67.9 cm³/mol. The number of aromatic nitrogens is 3. The molecule has 0 saturated carbocycles. The van der Waals surface area contributed by atoms with Crippen LogP contribution in [0.4, 0.5) is 5.82 Å². The highest BCUT2D eigenvalue weighted by Gasteiger charge is 2.32. The van der Waals surface area contributed by atoms with Crippen molar-refractivity contribution in [3.63, 3.8) is 0 Å². The van der Waals surface area contributed by atoms with E-state index in [0.717, 1.165) is 16.7 Å². The average Bonchev–Trinajstić information content (AvgIpc) is 2.90. The van der Waals surface area contributed by atoms with Crippen LogP contribution in [0.5, 0.6) is 0 Å². The molecular weight excluding hydrogens is 248 g/mol. The minimum absolute atomic E-state index is 0.312. The quantitative estimate of drug-likeness (QED) is 0.786. The van der Waals surface area contributed by atoms with Gasteiger partial charge in [0.25, 0.3) is 0 Å². The number of methoxy groups -OCH3 is 1. The highest BCUT2D eigenvalue weighted by Crippen LogP contribution is 2.26. The number of hydrogen-bond acceptors (Lipinski definition) is 6. The number of fused-ring (bicyclic) bond motifs is 1. The molecule has 1 atom stereocenters. The van der Waals surface area contributed by atoms with Crippen molar-refractivity contribution >= 4 is 22.7 Å². The highest BCUT2D eigenvalue weighted by atomic mass is 16.5. The fourth-order valence-corrected chi connectivity index (χ4v) is 2.26. The lowest BCUT2D eigenvalue weighted by Crippen LogP contribution is -2.50. The molecule has 1 aliphatic heterocycles. The third kappa shape index (κ3) is 2.01. The highest BCUT2D eigenvalue weighted by molar-refractivity contribution is 5.92. The second-order valence-electron chi connectivity index (χ2n) is 4.28. The zero-order valence-electron chi connectivity index (χ0n) is 10.5. The zero-order chi connectivity index (χ0) is 13.2. The lowest BCUT2D eigenvalue weighted by Gasteiger charge is -2.33. The number of anilines is 1. The van der Waals surface area contributed by atoms with Gasteiger partial charge in [0.15, 0.2) is 11.9 Å². The molecule has 0 radical (unpaired) electrons. The normalized spacial score (nSPS) is 19.6. The summed E-state index contributed by atoms with van der Waals surface area (Å²) in [6.07, 6.45) is 3.41. The Balaban J connectivity index is 2.00. The molecule has 1 unspecified atom stereocenters. The predicted octanol–water partition coefficient (Wildman–Crippen LogP) is 0.336. The van der Waals surface area contributed by atoms with Gasteiger partial charge >= 0.3 is 5.97 Å². The van der Waals surface area contributed by atoms with E-state index in [1.165, 1.54) is 7.11 Å². The Hall–Kier alpha value is -2.15. The van der Waals surface area contributed by atoms with Crippen molar-refractivity contribution in [1.29, 1.82) is 0 Å². The molecule has 100 valence electrons. The van der Waals surface area contributed by atoms with Crippen LogP contribution in [0.3, 0.4) is 0 Å². The number of H-pyrrole nitrogens is 1. The number of carbonyl (C=O) groups excluding carboxylic acids is 1. The molecule has 0 amide bonds. The van der Waals surface area contributed by atoms with Crippen molar-refractivity contribution < 1.29 is 14.3 Å². The number of carbonyl (C=O) groups is 1. The van der Waals surface area contributed by atoms with Crippen LogP contribution in [0.1, 0.15) is 0 Å². The molecule has 1 N–H and O–H groups in total. The van der Waals surface area contributed by atoms with Crippen molar-refractivity contribution in [3.05, 3.63) is 18.5 Å². The van der Waals surface area contributed by atoms with Crippen LogP contribution in [0, 0.1) is 0 Å². The largest absolute Gasteiger partial charge is 0.467 e. The smallest absolute Gasteiger partial charge is 0.330 e. The molecule has 7 nitrogen and oxygen atoms in total. The summed E-state index contributed by atoms with van der Waals surface area (Å²) in [6.45, 7) is 1.47. The van der Waals surface area contributed by atoms with E-state index < -0.39 is 6.04 Å². The van der Waals surface area contributed by atoms with Gasteiger partial charge < -0.3 is 14.4 Å². The molecule has 0 aromatic carbocycles. The van der Waals surface area contributed by atoms with Gasteiger partial charge in [-0.05, 0) is 6.07 Å². The Morgan fingerprint density at radius 1 is 1.63 bits per heavy atom. The third-order valence-electron chi connectivity index (χ3n) is 3.22. The summed E-state index contributed by atoms with van der Waals surface area (Å²) in [5, 5.41) is 8.14. The van der Waals surface area contributed by atoms with Gasteiger partial charge in [0.1, 0.15) is 0 Å². The fourth-order valence-electron chi connectivity index (χ4n) is 2.26. The van der Waals surface area contributed by atoms with Gasteiger partial charge in [-0.1, -0.05) is 0 Å². The molecule has 3 heterocycles. The summed E-state index contributed by atoms with van der Waals surface area (Å²) >= 11 is 0. The van der Waals surface area contributed by atoms with Crippen LogP contribution in [-0.2, 0) is 14.3 Å². The van der Waals surface area contributed by atoms with Crippen molar-refractivity contribution in [1.82, 2.24) is 15.2 Å². The summed E-state index contributed by atoms with van der Waals surface area (Å²) < 4.78 is 10.2.